The maximum Gasteiger partial charge on any atom is 0.416 e. The van der Waals surface area contributed by atoms with Gasteiger partial charge in [-0.25, -0.2) is 9.18 Å². The Labute approximate surface area is 191 Å². The van der Waals surface area contributed by atoms with Gasteiger partial charge in [-0.15, -0.1) is 0 Å². The molecule has 2 amide bonds. The van der Waals surface area contributed by atoms with Crippen LogP contribution in [0, 0.1) is 24.6 Å². The number of piperidine rings is 1. The summed E-state index contributed by atoms with van der Waals surface area (Å²) in [5.74, 6) is 0.296. The molecular weight excluding hydrogens is 434 g/mol. The zero-order valence-electron chi connectivity index (χ0n) is 19.0. The molecule has 2 aromatic rings. The summed E-state index contributed by atoms with van der Waals surface area (Å²) in [5.41, 5.74) is 1.09. The van der Waals surface area contributed by atoms with E-state index >= 15 is 0 Å². The fourth-order valence-corrected chi connectivity index (χ4v) is 5.23. The van der Waals surface area contributed by atoms with Crippen LogP contribution < -0.4 is 5.32 Å². The SMILES string of the molecule is Cc1cc(C(C)N(C)C(=O)N2CC[C@@H]3CNCC3[C@@H]2c2ccc(F)cc2)cc(C(F)(F)F)c1. The summed E-state index contributed by atoms with van der Waals surface area (Å²) < 4.78 is 53.6. The number of carbonyl (C=O) groups is 1. The van der Waals surface area contributed by atoms with Crippen LogP contribution in [0.15, 0.2) is 42.5 Å². The van der Waals surface area contributed by atoms with Gasteiger partial charge >= 0.3 is 12.2 Å². The maximum absolute atomic E-state index is 13.7. The average Bonchev–Trinajstić information content (AvgIpc) is 3.25. The lowest BCUT2D eigenvalue weighted by atomic mass is 9.79. The van der Waals surface area contributed by atoms with Crippen LogP contribution in [0.3, 0.4) is 0 Å². The van der Waals surface area contributed by atoms with Crippen LogP contribution in [0.2, 0.25) is 0 Å². The molecule has 4 atom stereocenters. The minimum absolute atomic E-state index is 0.202. The number of alkyl halides is 3. The fraction of sp³-hybridized carbons (Fsp3) is 0.480. The third-order valence-electron chi connectivity index (χ3n) is 7.12. The normalized spacial score (nSPS) is 23.8. The van der Waals surface area contributed by atoms with Crippen molar-refractivity contribution in [3.63, 3.8) is 0 Å². The molecule has 33 heavy (non-hydrogen) atoms. The summed E-state index contributed by atoms with van der Waals surface area (Å²) in [4.78, 5) is 17.0. The monoisotopic (exact) mass is 463 g/mol. The van der Waals surface area contributed by atoms with Crippen molar-refractivity contribution in [3.05, 3.63) is 70.5 Å². The minimum Gasteiger partial charge on any atom is -0.321 e. The number of hydrogen-bond donors (Lipinski definition) is 1. The number of aryl methyl sites for hydroxylation is 1. The van der Waals surface area contributed by atoms with Gasteiger partial charge in [-0.3, -0.25) is 0 Å². The van der Waals surface area contributed by atoms with E-state index in [9.17, 15) is 22.4 Å². The molecule has 0 bridgehead atoms. The molecule has 0 aromatic heterocycles. The van der Waals surface area contributed by atoms with Crippen LogP contribution in [0.25, 0.3) is 0 Å². The minimum atomic E-state index is -4.45. The second-order valence-corrected chi connectivity index (χ2v) is 9.26. The molecule has 4 rings (SSSR count). The lowest BCUT2D eigenvalue weighted by Gasteiger charge is -2.45. The van der Waals surface area contributed by atoms with Crippen molar-refractivity contribution in [1.29, 1.82) is 0 Å². The topological polar surface area (TPSA) is 35.6 Å². The van der Waals surface area contributed by atoms with Crippen molar-refractivity contribution < 1.29 is 22.4 Å². The molecule has 2 aliphatic rings. The summed E-state index contributed by atoms with van der Waals surface area (Å²) in [6.07, 6.45) is -3.60. The molecule has 0 radical (unpaired) electrons. The van der Waals surface area contributed by atoms with Gasteiger partial charge in [0.25, 0.3) is 0 Å². The summed E-state index contributed by atoms with van der Waals surface area (Å²) in [5, 5.41) is 3.41. The number of nitrogens with zero attached hydrogens (tertiary/aromatic N) is 2. The Morgan fingerprint density at radius 3 is 2.52 bits per heavy atom. The number of halogens is 4. The van der Waals surface area contributed by atoms with Gasteiger partial charge in [-0.1, -0.05) is 23.8 Å². The molecule has 2 aliphatic heterocycles. The van der Waals surface area contributed by atoms with Gasteiger partial charge in [0.15, 0.2) is 0 Å². The third-order valence-corrected chi connectivity index (χ3v) is 7.12. The van der Waals surface area contributed by atoms with Gasteiger partial charge in [0.2, 0.25) is 0 Å². The maximum atomic E-state index is 13.7. The van der Waals surface area contributed by atoms with Gasteiger partial charge in [0.05, 0.1) is 17.6 Å². The third kappa shape index (κ3) is 4.71. The highest BCUT2D eigenvalue weighted by Crippen LogP contribution is 2.42. The molecular formula is C25H29F4N3O. The Bertz CT molecular complexity index is 1010. The predicted octanol–water partition coefficient (Wildman–Crippen LogP) is 5.55. The van der Waals surface area contributed by atoms with Gasteiger partial charge in [0, 0.05) is 26.1 Å². The average molecular weight is 464 g/mol. The van der Waals surface area contributed by atoms with Crippen molar-refractivity contribution >= 4 is 6.03 Å². The molecule has 2 unspecified atom stereocenters. The van der Waals surface area contributed by atoms with Crippen molar-refractivity contribution in [2.75, 3.05) is 26.7 Å². The number of urea groups is 1. The van der Waals surface area contributed by atoms with Crippen LogP contribution in [0.4, 0.5) is 22.4 Å². The molecule has 2 saturated heterocycles. The number of rotatable bonds is 3. The first-order valence-corrected chi connectivity index (χ1v) is 11.2. The van der Waals surface area contributed by atoms with Crippen molar-refractivity contribution in [2.24, 2.45) is 11.8 Å². The highest BCUT2D eigenvalue weighted by Gasteiger charge is 2.44. The van der Waals surface area contributed by atoms with E-state index < -0.39 is 17.8 Å². The summed E-state index contributed by atoms with van der Waals surface area (Å²) in [7, 11) is 1.63. The molecule has 178 valence electrons. The van der Waals surface area contributed by atoms with E-state index in [1.807, 2.05) is 0 Å². The largest absolute Gasteiger partial charge is 0.416 e. The first kappa shape index (κ1) is 23.5. The molecule has 2 fully saturated rings. The number of carbonyl (C=O) groups excluding carboxylic acids is 1. The number of nitrogens with one attached hydrogen (secondary N) is 1. The van der Waals surface area contributed by atoms with E-state index in [-0.39, 0.29) is 23.8 Å². The van der Waals surface area contributed by atoms with Crippen LogP contribution in [0.5, 0.6) is 0 Å². The van der Waals surface area contributed by atoms with E-state index in [4.69, 9.17) is 0 Å². The summed E-state index contributed by atoms with van der Waals surface area (Å²) in [6.45, 7) is 5.56. The summed E-state index contributed by atoms with van der Waals surface area (Å²) >= 11 is 0. The Balaban J connectivity index is 1.62. The Kier molecular flexibility index (Phi) is 6.40. The number of likely N-dealkylation sites (tertiary alicyclic amines) is 1. The number of hydrogen-bond acceptors (Lipinski definition) is 2. The van der Waals surface area contributed by atoms with E-state index in [2.05, 4.69) is 5.32 Å². The highest BCUT2D eigenvalue weighted by molar-refractivity contribution is 5.75. The number of amides is 2. The van der Waals surface area contributed by atoms with Gasteiger partial charge in [0.1, 0.15) is 5.82 Å². The standard InChI is InChI=1S/C25H29F4N3O/c1-15-10-19(12-20(11-15)25(27,28)29)16(2)31(3)24(33)32-9-8-18-13-30-14-22(18)23(32)17-4-6-21(26)7-5-17/h4-7,10-12,16,18,22-23,30H,8-9,13-14H2,1-3H3/t16?,18-,22?,23+/m1/s1. The predicted molar refractivity (Wildman–Crippen MR) is 118 cm³/mol. The number of fused-ring (bicyclic) bond motifs is 1. The molecule has 2 aromatic carbocycles. The lowest BCUT2D eigenvalue weighted by Crippen LogP contribution is -2.50. The summed E-state index contributed by atoms with van der Waals surface area (Å²) in [6, 6.07) is 9.17. The van der Waals surface area contributed by atoms with Gasteiger partial charge in [-0.2, -0.15) is 13.2 Å². The zero-order valence-corrected chi connectivity index (χ0v) is 19.0. The van der Waals surface area contributed by atoms with E-state index in [0.29, 0.717) is 23.6 Å². The second-order valence-electron chi connectivity index (χ2n) is 9.26. The Hall–Kier alpha value is -2.61. The van der Waals surface area contributed by atoms with Crippen LogP contribution in [-0.2, 0) is 6.18 Å². The quantitative estimate of drug-likeness (QED) is 0.606. The lowest BCUT2D eigenvalue weighted by molar-refractivity contribution is -0.137. The molecule has 1 N–H and O–H groups in total. The number of benzene rings is 2. The molecule has 4 nitrogen and oxygen atoms in total. The highest BCUT2D eigenvalue weighted by atomic mass is 19.4. The van der Waals surface area contributed by atoms with Gasteiger partial charge < -0.3 is 15.1 Å². The second kappa shape index (κ2) is 8.97. The van der Waals surface area contributed by atoms with E-state index in [0.717, 1.165) is 37.2 Å². The fourth-order valence-electron chi connectivity index (χ4n) is 5.23. The molecule has 0 spiro atoms. The zero-order chi connectivity index (χ0) is 23.9. The Morgan fingerprint density at radius 1 is 1.15 bits per heavy atom. The van der Waals surface area contributed by atoms with Crippen LogP contribution in [0.1, 0.15) is 47.7 Å². The van der Waals surface area contributed by atoms with Gasteiger partial charge in [-0.05, 0) is 68.1 Å². The van der Waals surface area contributed by atoms with Crippen molar-refractivity contribution in [1.82, 2.24) is 15.1 Å². The van der Waals surface area contributed by atoms with Crippen LogP contribution >= 0.6 is 0 Å². The smallest absolute Gasteiger partial charge is 0.321 e. The van der Waals surface area contributed by atoms with E-state index in [1.54, 1.807) is 44.0 Å². The molecule has 0 saturated carbocycles. The van der Waals surface area contributed by atoms with E-state index in [1.165, 1.54) is 17.0 Å². The Morgan fingerprint density at radius 2 is 1.85 bits per heavy atom. The van der Waals surface area contributed by atoms with Crippen molar-refractivity contribution in [2.45, 2.75) is 38.5 Å². The first-order valence-electron chi connectivity index (χ1n) is 11.2. The van der Waals surface area contributed by atoms with Crippen LogP contribution in [-0.4, -0.2) is 42.5 Å². The molecule has 0 aliphatic carbocycles. The molecule has 2 heterocycles. The first-order chi connectivity index (χ1) is 15.6. The molecule has 8 heteroatoms. The van der Waals surface area contributed by atoms with Crippen molar-refractivity contribution in [3.8, 4) is 0 Å².